The number of anilines is 1. The van der Waals surface area contributed by atoms with E-state index in [1.165, 1.54) is 12.4 Å². The summed E-state index contributed by atoms with van der Waals surface area (Å²) in [6.07, 6.45) is 2.39. The van der Waals surface area contributed by atoms with Crippen LogP contribution in [0.15, 0.2) is 59.8 Å². The zero-order chi connectivity index (χ0) is 19.7. The minimum absolute atomic E-state index is 0.120. The molecule has 4 rings (SSSR count). The first-order valence-corrected chi connectivity index (χ1v) is 9.29. The lowest BCUT2D eigenvalue weighted by Gasteiger charge is -2.41. The van der Waals surface area contributed by atoms with E-state index in [4.69, 9.17) is 4.98 Å². The Labute approximate surface area is 163 Å². The zero-order valence-electron chi connectivity index (χ0n) is 16.0. The van der Waals surface area contributed by atoms with E-state index >= 15 is 0 Å². The first-order valence-electron chi connectivity index (χ1n) is 9.29. The summed E-state index contributed by atoms with van der Waals surface area (Å²) in [5, 5.41) is 10.7. The van der Waals surface area contributed by atoms with Gasteiger partial charge >= 0.3 is 0 Å². The SMILES string of the molecule is CC1(C)CN(CC(O)c2ccccc2)c2nc(-c3ccncn3)cc(=O)n2C1. The molecular formula is C21H23N5O2. The number of nitrogens with zero attached hydrogens (tertiary/aromatic N) is 5. The normalized spacial score (nSPS) is 16.5. The van der Waals surface area contributed by atoms with Crippen LogP contribution in [0.2, 0.25) is 0 Å². The number of fused-ring (bicyclic) bond motifs is 1. The standard InChI is InChI=1S/C21H23N5O2/c1-21(2)12-25(11-18(27)15-6-4-3-5-7-15)20-24-17(10-19(28)26(20)13-21)16-8-9-22-14-23-16/h3-10,14,18,27H,11-13H2,1-2H3. The van der Waals surface area contributed by atoms with Gasteiger partial charge in [0, 0.05) is 30.8 Å². The van der Waals surface area contributed by atoms with Crippen molar-refractivity contribution in [3.8, 4) is 11.4 Å². The third-order valence-corrected chi connectivity index (χ3v) is 4.90. The lowest BCUT2D eigenvalue weighted by atomic mass is 9.90. The molecule has 7 nitrogen and oxygen atoms in total. The largest absolute Gasteiger partial charge is 0.387 e. The summed E-state index contributed by atoms with van der Waals surface area (Å²) in [7, 11) is 0. The second-order valence-corrected chi connectivity index (χ2v) is 7.93. The van der Waals surface area contributed by atoms with Crippen LogP contribution in [0, 0.1) is 5.41 Å². The Morgan fingerprint density at radius 2 is 1.93 bits per heavy atom. The lowest BCUT2D eigenvalue weighted by Crippen LogP contribution is -2.48. The molecule has 0 amide bonds. The van der Waals surface area contributed by atoms with Gasteiger partial charge < -0.3 is 10.0 Å². The Bertz CT molecular complexity index is 1020. The van der Waals surface area contributed by atoms with Crippen LogP contribution in [0.1, 0.15) is 25.5 Å². The number of aliphatic hydroxyl groups excluding tert-OH is 1. The molecule has 144 valence electrons. The Balaban J connectivity index is 1.74. The third-order valence-electron chi connectivity index (χ3n) is 4.90. The van der Waals surface area contributed by atoms with Gasteiger partial charge in [-0.2, -0.15) is 0 Å². The molecule has 0 saturated heterocycles. The average molecular weight is 377 g/mol. The summed E-state index contributed by atoms with van der Waals surface area (Å²) in [4.78, 5) is 27.7. The van der Waals surface area contributed by atoms with Crippen molar-refractivity contribution >= 4 is 5.95 Å². The maximum atomic E-state index is 12.8. The first-order chi connectivity index (χ1) is 13.4. The molecule has 0 fully saturated rings. The van der Waals surface area contributed by atoms with Crippen molar-refractivity contribution in [1.82, 2.24) is 19.5 Å². The summed E-state index contributed by atoms with van der Waals surface area (Å²) in [5.41, 5.74) is 1.71. The lowest BCUT2D eigenvalue weighted by molar-refractivity contribution is 0.171. The monoisotopic (exact) mass is 377 g/mol. The van der Waals surface area contributed by atoms with Gasteiger partial charge in [0.2, 0.25) is 5.95 Å². The van der Waals surface area contributed by atoms with Gasteiger partial charge in [-0.1, -0.05) is 44.2 Å². The van der Waals surface area contributed by atoms with Gasteiger partial charge in [0.15, 0.2) is 0 Å². The quantitative estimate of drug-likeness (QED) is 0.751. The maximum absolute atomic E-state index is 12.8. The predicted octanol–water partition coefficient (Wildman–Crippen LogP) is 2.28. The van der Waals surface area contributed by atoms with Gasteiger partial charge in [0.25, 0.3) is 5.56 Å². The van der Waals surface area contributed by atoms with E-state index in [1.807, 2.05) is 35.2 Å². The number of β-amino-alcohol motifs (C(OH)–C–C–N with tert-alkyl or cyclic N) is 1. The molecule has 28 heavy (non-hydrogen) atoms. The number of aliphatic hydroxyl groups is 1. The topological polar surface area (TPSA) is 84.1 Å². The second-order valence-electron chi connectivity index (χ2n) is 7.93. The maximum Gasteiger partial charge on any atom is 0.255 e. The van der Waals surface area contributed by atoms with Crippen molar-refractivity contribution < 1.29 is 5.11 Å². The molecule has 0 bridgehead atoms. The molecule has 0 aliphatic carbocycles. The van der Waals surface area contributed by atoms with Crippen LogP contribution in [0.5, 0.6) is 0 Å². The number of aromatic nitrogens is 4. The average Bonchev–Trinajstić information content (AvgIpc) is 2.69. The van der Waals surface area contributed by atoms with Crippen molar-refractivity contribution in [2.24, 2.45) is 5.41 Å². The molecule has 1 aliphatic heterocycles. The van der Waals surface area contributed by atoms with E-state index in [9.17, 15) is 9.90 Å². The molecule has 0 saturated carbocycles. The molecule has 1 atom stereocenters. The fourth-order valence-electron chi connectivity index (χ4n) is 3.66. The van der Waals surface area contributed by atoms with E-state index in [0.717, 1.165) is 5.56 Å². The molecule has 1 unspecified atom stereocenters. The molecule has 0 radical (unpaired) electrons. The molecule has 1 aliphatic rings. The predicted molar refractivity (Wildman–Crippen MR) is 107 cm³/mol. The number of benzene rings is 1. The molecular weight excluding hydrogens is 354 g/mol. The number of hydrogen-bond donors (Lipinski definition) is 1. The highest BCUT2D eigenvalue weighted by Gasteiger charge is 2.33. The Kier molecular flexibility index (Phi) is 4.68. The summed E-state index contributed by atoms with van der Waals surface area (Å²) in [5.74, 6) is 0.565. The van der Waals surface area contributed by atoms with Crippen molar-refractivity contribution in [1.29, 1.82) is 0 Å². The molecule has 1 N–H and O–H groups in total. The van der Waals surface area contributed by atoms with Crippen LogP contribution in [0.4, 0.5) is 5.95 Å². The Hall–Kier alpha value is -3.06. The summed E-state index contributed by atoms with van der Waals surface area (Å²) in [6.45, 7) is 5.85. The summed E-state index contributed by atoms with van der Waals surface area (Å²) >= 11 is 0. The summed E-state index contributed by atoms with van der Waals surface area (Å²) in [6, 6.07) is 12.8. The van der Waals surface area contributed by atoms with E-state index in [2.05, 4.69) is 23.8 Å². The van der Waals surface area contributed by atoms with Crippen LogP contribution in [0.3, 0.4) is 0 Å². The van der Waals surface area contributed by atoms with Crippen LogP contribution < -0.4 is 10.5 Å². The van der Waals surface area contributed by atoms with Crippen molar-refractivity contribution in [3.63, 3.8) is 0 Å². The molecule has 3 aromatic rings. The highest BCUT2D eigenvalue weighted by molar-refractivity contribution is 5.55. The fraction of sp³-hybridized carbons (Fsp3) is 0.333. The minimum atomic E-state index is -0.678. The highest BCUT2D eigenvalue weighted by atomic mass is 16.3. The highest BCUT2D eigenvalue weighted by Crippen LogP contribution is 2.31. The van der Waals surface area contributed by atoms with Gasteiger partial charge in [0.1, 0.15) is 6.33 Å². The third kappa shape index (κ3) is 3.66. The van der Waals surface area contributed by atoms with Crippen LogP contribution in [-0.2, 0) is 6.54 Å². The number of hydrogen-bond acceptors (Lipinski definition) is 6. The van der Waals surface area contributed by atoms with E-state index in [1.54, 1.807) is 16.8 Å². The Morgan fingerprint density at radius 1 is 1.14 bits per heavy atom. The van der Waals surface area contributed by atoms with Gasteiger partial charge in [-0.25, -0.2) is 15.0 Å². The minimum Gasteiger partial charge on any atom is -0.387 e. The smallest absolute Gasteiger partial charge is 0.255 e. The molecule has 7 heteroatoms. The van der Waals surface area contributed by atoms with Crippen molar-refractivity contribution in [2.45, 2.75) is 26.5 Å². The van der Waals surface area contributed by atoms with Gasteiger partial charge in [0.05, 0.1) is 24.0 Å². The molecule has 3 heterocycles. The van der Waals surface area contributed by atoms with Crippen LogP contribution >= 0.6 is 0 Å². The number of rotatable bonds is 4. The second kappa shape index (κ2) is 7.16. The van der Waals surface area contributed by atoms with Gasteiger partial charge in [-0.15, -0.1) is 0 Å². The van der Waals surface area contributed by atoms with Crippen LogP contribution in [-0.4, -0.2) is 37.7 Å². The Morgan fingerprint density at radius 3 is 2.64 bits per heavy atom. The van der Waals surface area contributed by atoms with E-state index in [0.29, 0.717) is 37.0 Å². The fourth-order valence-corrected chi connectivity index (χ4v) is 3.66. The molecule has 2 aromatic heterocycles. The zero-order valence-corrected chi connectivity index (χ0v) is 16.0. The van der Waals surface area contributed by atoms with Crippen LogP contribution in [0.25, 0.3) is 11.4 Å². The van der Waals surface area contributed by atoms with Crippen molar-refractivity contribution in [2.75, 3.05) is 18.0 Å². The van der Waals surface area contributed by atoms with E-state index in [-0.39, 0.29) is 11.0 Å². The molecule has 1 aromatic carbocycles. The first kappa shape index (κ1) is 18.3. The van der Waals surface area contributed by atoms with Gasteiger partial charge in [-0.3, -0.25) is 9.36 Å². The van der Waals surface area contributed by atoms with Gasteiger partial charge in [-0.05, 0) is 11.6 Å². The summed E-state index contributed by atoms with van der Waals surface area (Å²) < 4.78 is 1.69. The van der Waals surface area contributed by atoms with Crippen molar-refractivity contribution in [3.05, 3.63) is 70.9 Å². The van der Waals surface area contributed by atoms with E-state index < -0.39 is 6.10 Å². The molecule has 0 spiro atoms.